The van der Waals surface area contributed by atoms with Gasteiger partial charge >= 0.3 is 6.18 Å². The number of amides is 1. The minimum Gasteiger partial charge on any atom is -0.367 e. The Morgan fingerprint density at radius 3 is 2.79 bits per heavy atom. The molecule has 3 atom stereocenters. The number of fused-ring (bicyclic) bond motifs is 1. The Kier molecular flexibility index (Phi) is 4.59. The molecular weight excluding hydrogens is 373 g/mol. The van der Waals surface area contributed by atoms with Crippen molar-refractivity contribution in [3.8, 4) is 0 Å². The first-order valence-electron chi connectivity index (χ1n) is 9.48. The number of hydrogen-bond acceptors (Lipinski definition) is 4. The molecule has 28 heavy (non-hydrogen) atoms. The zero-order valence-electron chi connectivity index (χ0n) is 15.7. The number of likely N-dealkylation sites (tertiary alicyclic amines) is 1. The summed E-state index contributed by atoms with van der Waals surface area (Å²) in [6.45, 7) is 4.34. The number of rotatable bonds is 3. The average Bonchev–Trinajstić information content (AvgIpc) is 3.38. The third-order valence-corrected chi connectivity index (χ3v) is 5.63. The number of halogens is 3. The lowest BCUT2D eigenvalue weighted by Crippen LogP contribution is -2.41. The van der Waals surface area contributed by atoms with Gasteiger partial charge in [-0.3, -0.25) is 9.89 Å². The number of aromatic nitrogens is 4. The van der Waals surface area contributed by atoms with Gasteiger partial charge in [0.15, 0.2) is 6.04 Å². The van der Waals surface area contributed by atoms with E-state index in [0.717, 1.165) is 11.1 Å². The molecule has 0 aromatic carbocycles. The van der Waals surface area contributed by atoms with Gasteiger partial charge in [0.2, 0.25) is 0 Å². The number of carbonyl (C=O) groups excluding carboxylic acids is 1. The van der Waals surface area contributed by atoms with Crippen LogP contribution in [0.4, 0.5) is 19.0 Å². The predicted molar refractivity (Wildman–Crippen MR) is 95.8 cm³/mol. The number of H-pyrrole nitrogens is 1. The van der Waals surface area contributed by atoms with Gasteiger partial charge in [0.1, 0.15) is 11.5 Å². The molecule has 0 spiro atoms. The van der Waals surface area contributed by atoms with Gasteiger partial charge in [-0.2, -0.15) is 23.4 Å². The quantitative estimate of drug-likeness (QED) is 0.832. The van der Waals surface area contributed by atoms with Crippen LogP contribution in [0.5, 0.6) is 0 Å². The van der Waals surface area contributed by atoms with Gasteiger partial charge in [0, 0.05) is 24.8 Å². The predicted octanol–water partition coefficient (Wildman–Crippen LogP) is 3.53. The average molecular weight is 396 g/mol. The molecule has 2 aromatic rings. The zero-order valence-corrected chi connectivity index (χ0v) is 15.7. The molecule has 2 aliphatic heterocycles. The summed E-state index contributed by atoms with van der Waals surface area (Å²) in [6, 6.07) is 0.959. The highest BCUT2D eigenvalue weighted by molar-refractivity contribution is 5.92. The van der Waals surface area contributed by atoms with Crippen LogP contribution in [0.3, 0.4) is 0 Å². The number of nitrogens with zero attached hydrogens (tertiary/aromatic N) is 4. The van der Waals surface area contributed by atoms with Crippen molar-refractivity contribution in [2.24, 2.45) is 5.92 Å². The maximum atomic E-state index is 13.7. The number of anilines is 1. The third kappa shape index (κ3) is 3.24. The van der Waals surface area contributed by atoms with Crippen LogP contribution >= 0.6 is 0 Å². The van der Waals surface area contributed by atoms with Crippen LogP contribution in [0.2, 0.25) is 0 Å². The summed E-state index contributed by atoms with van der Waals surface area (Å²) < 4.78 is 42.1. The summed E-state index contributed by atoms with van der Waals surface area (Å²) in [4.78, 5) is 14.4. The summed E-state index contributed by atoms with van der Waals surface area (Å²) in [5, 5.41) is 13.9. The lowest BCUT2D eigenvalue weighted by molar-refractivity contribution is -0.174. The summed E-state index contributed by atoms with van der Waals surface area (Å²) in [5.74, 6) is 0.205. The van der Waals surface area contributed by atoms with Gasteiger partial charge in [-0.15, -0.1) is 0 Å². The standard InChI is InChI=1S/C18H23F3N6O/c1-10(2)12-8-15(18(19,20)21)27-16(23-12)9-13(25-27)14-4-3-7-26(14)17(28)11-5-6-22-24-11/h5-6,9-10,12,14-15,23H,3-4,7-8H2,1-2H3,(H,22,24)/t12-,14?,15+/m0/s1. The SMILES string of the molecule is CC(C)[C@@H]1C[C@H](C(F)(F)F)n2nc(C3CCCN3C(=O)c3ccn[nH]3)cc2N1. The molecule has 10 heteroatoms. The van der Waals surface area contributed by atoms with E-state index in [2.05, 4.69) is 20.6 Å². The van der Waals surface area contributed by atoms with Crippen molar-refractivity contribution in [3.05, 3.63) is 29.7 Å². The van der Waals surface area contributed by atoms with Crippen molar-refractivity contribution in [3.63, 3.8) is 0 Å². The van der Waals surface area contributed by atoms with Crippen LogP contribution in [-0.2, 0) is 0 Å². The fourth-order valence-electron chi connectivity index (χ4n) is 4.07. The monoisotopic (exact) mass is 396 g/mol. The number of hydrogen-bond donors (Lipinski definition) is 2. The fourth-order valence-corrected chi connectivity index (χ4v) is 4.07. The lowest BCUT2D eigenvalue weighted by Gasteiger charge is -2.35. The Morgan fingerprint density at radius 1 is 1.36 bits per heavy atom. The van der Waals surface area contributed by atoms with Crippen LogP contribution < -0.4 is 5.32 Å². The smallest absolute Gasteiger partial charge is 0.367 e. The van der Waals surface area contributed by atoms with Gasteiger partial charge in [-0.05, 0) is 31.2 Å². The molecule has 152 valence electrons. The maximum Gasteiger partial charge on any atom is 0.410 e. The number of alkyl halides is 3. The van der Waals surface area contributed by atoms with E-state index in [1.807, 2.05) is 13.8 Å². The van der Waals surface area contributed by atoms with E-state index in [4.69, 9.17) is 0 Å². The van der Waals surface area contributed by atoms with E-state index in [9.17, 15) is 18.0 Å². The van der Waals surface area contributed by atoms with Crippen LogP contribution in [0.15, 0.2) is 18.3 Å². The Morgan fingerprint density at radius 2 is 2.14 bits per heavy atom. The van der Waals surface area contributed by atoms with Gasteiger partial charge in [-0.1, -0.05) is 13.8 Å². The minimum absolute atomic E-state index is 0.0573. The van der Waals surface area contributed by atoms with Crippen molar-refractivity contribution in [2.75, 3.05) is 11.9 Å². The molecule has 0 saturated carbocycles. The van der Waals surface area contributed by atoms with Gasteiger partial charge in [0.25, 0.3) is 5.91 Å². The zero-order chi connectivity index (χ0) is 20.1. The molecule has 2 aliphatic rings. The molecule has 0 radical (unpaired) electrons. The van der Waals surface area contributed by atoms with Crippen LogP contribution in [0, 0.1) is 5.92 Å². The fraction of sp³-hybridized carbons (Fsp3) is 0.611. The Labute approximate surface area is 160 Å². The van der Waals surface area contributed by atoms with Crippen LogP contribution in [-0.4, -0.2) is 49.5 Å². The molecule has 2 aromatic heterocycles. The highest BCUT2D eigenvalue weighted by Crippen LogP contribution is 2.42. The largest absolute Gasteiger partial charge is 0.410 e. The van der Waals surface area contributed by atoms with E-state index in [0.29, 0.717) is 30.2 Å². The highest BCUT2D eigenvalue weighted by atomic mass is 19.4. The topological polar surface area (TPSA) is 78.8 Å². The molecule has 1 amide bonds. The Balaban J connectivity index is 1.66. The first kappa shape index (κ1) is 18.8. The van der Waals surface area contributed by atoms with E-state index in [-0.39, 0.29) is 30.3 Å². The molecule has 7 nitrogen and oxygen atoms in total. The normalized spacial score (nSPS) is 25.1. The molecule has 4 rings (SSSR count). The second-order valence-corrected chi connectivity index (χ2v) is 7.81. The van der Waals surface area contributed by atoms with Crippen LogP contribution in [0.25, 0.3) is 0 Å². The molecule has 2 N–H and O–H groups in total. The molecule has 0 bridgehead atoms. The number of carbonyl (C=O) groups is 1. The van der Waals surface area contributed by atoms with Crippen molar-refractivity contribution >= 4 is 11.7 Å². The van der Waals surface area contributed by atoms with Gasteiger partial charge in [-0.25, -0.2) is 4.68 Å². The summed E-state index contributed by atoms with van der Waals surface area (Å²) >= 11 is 0. The van der Waals surface area contributed by atoms with E-state index in [1.54, 1.807) is 17.0 Å². The third-order valence-electron chi connectivity index (χ3n) is 5.63. The molecule has 1 fully saturated rings. The number of nitrogens with one attached hydrogen (secondary N) is 2. The van der Waals surface area contributed by atoms with Crippen molar-refractivity contribution in [2.45, 2.75) is 57.4 Å². The maximum absolute atomic E-state index is 13.7. The number of aromatic amines is 1. The molecule has 1 saturated heterocycles. The van der Waals surface area contributed by atoms with E-state index in [1.165, 1.54) is 6.20 Å². The molecule has 4 heterocycles. The summed E-state index contributed by atoms with van der Waals surface area (Å²) in [6.07, 6.45) is -1.50. The summed E-state index contributed by atoms with van der Waals surface area (Å²) in [7, 11) is 0. The molecular formula is C18H23F3N6O. The van der Waals surface area contributed by atoms with Gasteiger partial charge in [0.05, 0.1) is 11.7 Å². The second kappa shape index (κ2) is 6.82. The summed E-state index contributed by atoms with van der Waals surface area (Å²) in [5.41, 5.74) is 0.855. The lowest BCUT2D eigenvalue weighted by atomic mass is 9.94. The Hall–Kier alpha value is -2.52. The van der Waals surface area contributed by atoms with Gasteiger partial charge < -0.3 is 10.2 Å². The second-order valence-electron chi connectivity index (χ2n) is 7.81. The van der Waals surface area contributed by atoms with E-state index < -0.39 is 12.2 Å². The van der Waals surface area contributed by atoms with Crippen molar-refractivity contribution in [1.29, 1.82) is 0 Å². The van der Waals surface area contributed by atoms with Crippen molar-refractivity contribution < 1.29 is 18.0 Å². The molecule has 1 unspecified atom stereocenters. The first-order valence-corrected chi connectivity index (χ1v) is 9.48. The van der Waals surface area contributed by atoms with Crippen molar-refractivity contribution in [1.82, 2.24) is 24.9 Å². The first-order chi connectivity index (χ1) is 13.3. The molecule has 0 aliphatic carbocycles. The highest BCUT2D eigenvalue weighted by Gasteiger charge is 2.47. The Bertz CT molecular complexity index is 844. The minimum atomic E-state index is -4.38. The van der Waals surface area contributed by atoms with Crippen LogP contribution in [0.1, 0.15) is 61.4 Å². The van der Waals surface area contributed by atoms with E-state index >= 15 is 0 Å².